The molecular weight excluding hydrogens is 506 g/mol. The van der Waals surface area contributed by atoms with Crippen LogP contribution in [-0.4, -0.2) is 57.8 Å². The number of aryl methyl sites for hydroxylation is 1. The van der Waals surface area contributed by atoms with Crippen LogP contribution < -0.4 is 10.2 Å². The minimum atomic E-state index is -0.189. The summed E-state index contributed by atoms with van der Waals surface area (Å²) in [4.78, 5) is 32.1. The van der Waals surface area contributed by atoms with E-state index in [9.17, 15) is 14.9 Å². The van der Waals surface area contributed by atoms with E-state index in [2.05, 4.69) is 32.9 Å². The smallest absolute Gasteiger partial charge is 0.222 e. The molecule has 3 aromatic rings. The molecule has 2 amide bonds. The van der Waals surface area contributed by atoms with E-state index in [-0.39, 0.29) is 17.9 Å². The normalized spacial score (nSPS) is 15.3. The molecule has 0 atom stereocenters. The van der Waals surface area contributed by atoms with Crippen LogP contribution in [0.4, 0.5) is 17.3 Å². The van der Waals surface area contributed by atoms with Gasteiger partial charge in [-0.15, -0.1) is 0 Å². The predicted octanol–water partition coefficient (Wildman–Crippen LogP) is 4.50. The average Bonchev–Trinajstić information content (AvgIpc) is 3.33. The fraction of sp³-hybridized carbons (Fsp3) is 0.433. The Bertz CT molecular complexity index is 1470. The highest BCUT2D eigenvalue weighted by Crippen LogP contribution is 2.39. The van der Waals surface area contributed by atoms with E-state index in [1.165, 1.54) is 12.6 Å². The molecule has 1 N–H and O–H groups in total. The van der Waals surface area contributed by atoms with Crippen molar-refractivity contribution in [3.8, 4) is 17.2 Å². The Morgan fingerprint density at radius 1 is 1.23 bits per heavy atom. The molecule has 0 radical (unpaired) electrons. The lowest BCUT2D eigenvalue weighted by atomic mass is 9.97. The lowest BCUT2D eigenvalue weighted by Crippen LogP contribution is -2.35. The molecule has 0 aliphatic carbocycles. The molecule has 40 heavy (non-hydrogen) atoms. The number of nitriles is 1. The summed E-state index contributed by atoms with van der Waals surface area (Å²) < 4.78 is 7.80. The van der Waals surface area contributed by atoms with Crippen molar-refractivity contribution in [1.82, 2.24) is 19.7 Å². The van der Waals surface area contributed by atoms with E-state index >= 15 is 0 Å². The Hall–Kier alpha value is -4.23. The Morgan fingerprint density at radius 3 is 2.62 bits per heavy atom. The van der Waals surface area contributed by atoms with E-state index in [0.29, 0.717) is 31.0 Å². The zero-order chi connectivity index (χ0) is 28.4. The van der Waals surface area contributed by atoms with Crippen LogP contribution in [-0.2, 0) is 27.3 Å². The Kier molecular flexibility index (Phi) is 7.85. The number of hydrogen-bond donors (Lipinski definition) is 1. The molecule has 2 aliphatic heterocycles. The molecule has 0 saturated carbocycles. The van der Waals surface area contributed by atoms with Gasteiger partial charge in [-0.2, -0.15) is 10.4 Å². The quantitative estimate of drug-likeness (QED) is 0.488. The third-order valence-corrected chi connectivity index (χ3v) is 7.74. The maximum atomic E-state index is 12.3. The maximum absolute atomic E-state index is 12.3. The van der Waals surface area contributed by atoms with E-state index in [1.54, 1.807) is 19.2 Å². The number of ether oxygens (including phenoxy) is 1. The van der Waals surface area contributed by atoms with Crippen molar-refractivity contribution in [2.24, 2.45) is 0 Å². The van der Waals surface area contributed by atoms with Gasteiger partial charge in [-0.05, 0) is 56.5 Å². The van der Waals surface area contributed by atoms with Crippen LogP contribution in [0.3, 0.4) is 0 Å². The van der Waals surface area contributed by atoms with Gasteiger partial charge < -0.3 is 19.9 Å². The second kappa shape index (κ2) is 11.5. The van der Waals surface area contributed by atoms with Crippen LogP contribution in [0.25, 0.3) is 11.1 Å². The molecule has 2 aliphatic rings. The van der Waals surface area contributed by atoms with Gasteiger partial charge in [0.25, 0.3) is 0 Å². The Morgan fingerprint density at radius 2 is 2.00 bits per heavy atom. The topological polar surface area (TPSA) is 116 Å². The summed E-state index contributed by atoms with van der Waals surface area (Å²) in [7, 11) is 0. The number of rotatable bonds is 6. The van der Waals surface area contributed by atoms with E-state index in [1.807, 2.05) is 30.0 Å². The van der Waals surface area contributed by atoms with E-state index in [4.69, 9.17) is 9.84 Å². The number of anilines is 3. The van der Waals surface area contributed by atoms with Crippen molar-refractivity contribution in [3.63, 3.8) is 0 Å². The van der Waals surface area contributed by atoms with Gasteiger partial charge in [0.1, 0.15) is 5.82 Å². The summed E-state index contributed by atoms with van der Waals surface area (Å²) in [5.41, 5.74) is 6.27. The molecule has 4 heterocycles. The first kappa shape index (κ1) is 27.3. The number of benzene rings is 1. The SMILES string of the molecule is CCN(c1cc(C#N)c(-c2ccc(NC(C)=O)nc2)cc1C)c1nn(C2CCOCC2)c2c1CN(C(C)=O)CC2. The number of hydrogen-bond acceptors (Lipinski definition) is 7. The van der Waals surface area contributed by atoms with Gasteiger partial charge in [0.05, 0.1) is 24.2 Å². The molecule has 5 rings (SSSR count). The number of carbonyl (C=O) groups is 2. The van der Waals surface area contributed by atoms with Gasteiger partial charge in [0.2, 0.25) is 11.8 Å². The molecule has 0 bridgehead atoms. The molecule has 1 saturated heterocycles. The fourth-order valence-electron chi connectivity index (χ4n) is 5.71. The highest BCUT2D eigenvalue weighted by molar-refractivity contribution is 5.88. The standard InChI is InChI=1S/C30H35N7O3/c1-5-36(28-15-23(16-31)25(14-19(28)2)22-6-7-29(32-17-22)33-20(3)38)30-26-18-35(21(4)39)11-8-27(26)37(34-30)24-9-12-40-13-10-24/h6-7,14-15,17,24H,5,8-13,18H2,1-4H3,(H,32,33,38). The molecule has 2 aromatic heterocycles. The zero-order valence-corrected chi connectivity index (χ0v) is 23.5. The number of pyridine rings is 1. The molecule has 0 spiro atoms. The van der Waals surface area contributed by atoms with Gasteiger partial charge in [0.15, 0.2) is 5.82 Å². The summed E-state index contributed by atoms with van der Waals surface area (Å²) in [5.74, 6) is 1.18. The summed E-state index contributed by atoms with van der Waals surface area (Å²) >= 11 is 0. The first-order valence-corrected chi connectivity index (χ1v) is 13.8. The van der Waals surface area contributed by atoms with E-state index in [0.717, 1.165) is 66.2 Å². The second-order valence-electron chi connectivity index (χ2n) is 10.4. The summed E-state index contributed by atoms with van der Waals surface area (Å²) in [6.07, 6.45) is 4.26. The minimum Gasteiger partial charge on any atom is -0.381 e. The molecule has 10 heteroatoms. The minimum absolute atomic E-state index is 0.0592. The van der Waals surface area contributed by atoms with Crippen LogP contribution in [0.2, 0.25) is 0 Å². The van der Waals surface area contributed by atoms with Crippen molar-refractivity contribution >= 4 is 29.1 Å². The Labute approximate surface area is 234 Å². The summed E-state index contributed by atoms with van der Waals surface area (Å²) in [6.45, 7) is 10.5. The van der Waals surface area contributed by atoms with Gasteiger partial charge in [0, 0.05) is 80.8 Å². The predicted molar refractivity (Wildman–Crippen MR) is 152 cm³/mol. The number of nitrogens with one attached hydrogen (secondary N) is 1. The van der Waals surface area contributed by atoms with Crippen molar-refractivity contribution in [2.75, 3.05) is 36.5 Å². The number of aromatic nitrogens is 3. The van der Waals surface area contributed by atoms with Crippen molar-refractivity contribution < 1.29 is 14.3 Å². The van der Waals surface area contributed by atoms with Crippen LogP contribution in [0.15, 0.2) is 30.5 Å². The first-order chi connectivity index (χ1) is 19.3. The Balaban J connectivity index is 1.56. The highest BCUT2D eigenvalue weighted by atomic mass is 16.5. The van der Waals surface area contributed by atoms with Gasteiger partial charge in [-0.25, -0.2) is 4.98 Å². The van der Waals surface area contributed by atoms with Crippen molar-refractivity contribution in [1.29, 1.82) is 5.26 Å². The van der Waals surface area contributed by atoms with E-state index < -0.39 is 0 Å². The van der Waals surface area contributed by atoms with Crippen molar-refractivity contribution in [2.45, 2.75) is 59.5 Å². The lowest BCUT2D eigenvalue weighted by molar-refractivity contribution is -0.129. The van der Waals surface area contributed by atoms with Gasteiger partial charge in [-0.3, -0.25) is 14.3 Å². The largest absolute Gasteiger partial charge is 0.381 e. The second-order valence-corrected chi connectivity index (χ2v) is 10.4. The van der Waals surface area contributed by atoms with Crippen LogP contribution in [0.5, 0.6) is 0 Å². The molecule has 1 aromatic carbocycles. The molecule has 0 unspecified atom stereocenters. The van der Waals surface area contributed by atoms with Crippen molar-refractivity contribution in [3.05, 3.63) is 52.8 Å². The monoisotopic (exact) mass is 541 g/mol. The highest BCUT2D eigenvalue weighted by Gasteiger charge is 2.32. The molecule has 10 nitrogen and oxygen atoms in total. The summed E-state index contributed by atoms with van der Waals surface area (Å²) in [5, 5.41) is 18.0. The molecule has 1 fully saturated rings. The van der Waals surface area contributed by atoms with Crippen LogP contribution in [0, 0.1) is 18.3 Å². The number of nitrogens with zero attached hydrogens (tertiary/aromatic N) is 6. The third-order valence-electron chi connectivity index (χ3n) is 7.74. The van der Waals surface area contributed by atoms with Crippen LogP contribution in [0.1, 0.15) is 62.0 Å². The van der Waals surface area contributed by atoms with Crippen LogP contribution >= 0.6 is 0 Å². The molecular formula is C30H35N7O3. The zero-order valence-electron chi connectivity index (χ0n) is 23.5. The third kappa shape index (κ3) is 5.29. The summed E-state index contributed by atoms with van der Waals surface area (Å²) in [6, 6.07) is 10.1. The fourth-order valence-corrected chi connectivity index (χ4v) is 5.71. The number of carbonyl (C=O) groups excluding carboxylic acids is 2. The number of fused-ring (bicyclic) bond motifs is 1. The lowest BCUT2D eigenvalue weighted by Gasteiger charge is -2.30. The van der Waals surface area contributed by atoms with Gasteiger partial charge in [-0.1, -0.05) is 0 Å². The number of amides is 2. The first-order valence-electron chi connectivity index (χ1n) is 13.8. The maximum Gasteiger partial charge on any atom is 0.222 e. The average molecular weight is 542 g/mol. The molecule has 208 valence electrons. The van der Waals surface area contributed by atoms with Gasteiger partial charge >= 0.3 is 0 Å².